The van der Waals surface area contributed by atoms with Gasteiger partial charge in [0.15, 0.2) is 0 Å². The van der Waals surface area contributed by atoms with Crippen molar-refractivity contribution >= 4 is 5.91 Å². The molecular weight excluding hydrogens is 304 g/mol. The first-order valence-corrected chi connectivity index (χ1v) is 9.14. The first-order chi connectivity index (χ1) is 11.8. The van der Waals surface area contributed by atoms with E-state index < -0.39 is 0 Å². The molecule has 2 atom stereocenters. The molecule has 0 spiro atoms. The minimum Gasteiger partial charge on any atom is -0.493 e. The van der Waals surface area contributed by atoms with Crippen LogP contribution in [0.4, 0.5) is 0 Å². The van der Waals surface area contributed by atoms with Gasteiger partial charge in [0.2, 0.25) is 0 Å². The molecule has 1 aromatic carbocycles. The Balaban J connectivity index is 1.23. The summed E-state index contributed by atoms with van der Waals surface area (Å²) >= 11 is 0. The highest BCUT2D eigenvalue weighted by molar-refractivity contribution is 5.94. The molecule has 1 aliphatic carbocycles. The van der Waals surface area contributed by atoms with Gasteiger partial charge in [-0.3, -0.25) is 9.69 Å². The third-order valence-electron chi connectivity index (χ3n) is 5.25. The molecule has 5 heteroatoms. The summed E-state index contributed by atoms with van der Waals surface area (Å²) in [6.45, 7) is 4.26. The van der Waals surface area contributed by atoms with Crippen molar-refractivity contribution in [2.45, 2.75) is 37.8 Å². The topological polar surface area (TPSA) is 50.8 Å². The number of amides is 1. The van der Waals surface area contributed by atoms with E-state index >= 15 is 0 Å². The van der Waals surface area contributed by atoms with Gasteiger partial charge in [-0.05, 0) is 62.4 Å². The number of fused-ring (bicyclic) bond motifs is 1. The highest BCUT2D eigenvalue weighted by Gasteiger charge is 2.32. The van der Waals surface area contributed by atoms with Crippen molar-refractivity contribution in [1.29, 1.82) is 0 Å². The maximum atomic E-state index is 12.3. The normalized spacial score (nSPS) is 26.8. The first kappa shape index (κ1) is 15.9. The van der Waals surface area contributed by atoms with Crippen molar-refractivity contribution in [1.82, 2.24) is 10.2 Å². The van der Waals surface area contributed by atoms with Crippen LogP contribution in [0, 0.1) is 5.92 Å². The van der Waals surface area contributed by atoms with Crippen LogP contribution in [0.25, 0.3) is 0 Å². The second-order valence-electron chi connectivity index (χ2n) is 7.24. The third kappa shape index (κ3) is 3.90. The Kier molecular flexibility index (Phi) is 4.72. The van der Waals surface area contributed by atoms with Gasteiger partial charge in [-0.2, -0.15) is 0 Å². The van der Waals surface area contributed by atoms with Crippen LogP contribution < -0.4 is 10.1 Å². The molecule has 1 aromatic rings. The lowest BCUT2D eigenvalue weighted by Crippen LogP contribution is -2.50. The van der Waals surface area contributed by atoms with E-state index in [0.29, 0.717) is 18.2 Å². The van der Waals surface area contributed by atoms with Crippen molar-refractivity contribution < 1.29 is 14.3 Å². The fourth-order valence-electron chi connectivity index (χ4n) is 3.52. The molecule has 0 unspecified atom stereocenters. The Morgan fingerprint density at radius 3 is 2.88 bits per heavy atom. The summed E-state index contributed by atoms with van der Waals surface area (Å²) in [6.07, 6.45) is 5.17. The highest BCUT2D eigenvalue weighted by Crippen LogP contribution is 2.29. The van der Waals surface area contributed by atoms with E-state index in [-0.39, 0.29) is 12.0 Å². The van der Waals surface area contributed by atoms with Gasteiger partial charge in [0, 0.05) is 24.7 Å². The second-order valence-corrected chi connectivity index (χ2v) is 7.24. The monoisotopic (exact) mass is 330 g/mol. The predicted octanol–water partition coefficient (Wildman–Crippen LogP) is 2.07. The van der Waals surface area contributed by atoms with E-state index in [4.69, 9.17) is 9.47 Å². The summed E-state index contributed by atoms with van der Waals surface area (Å²) in [5.74, 6) is 1.53. The fourth-order valence-corrected chi connectivity index (χ4v) is 3.52. The summed E-state index contributed by atoms with van der Waals surface area (Å²) in [7, 11) is 0. The SMILES string of the molecule is O=C(NC[C@@H]1CN2CCC[C@H]2CO1)c1ccc(OCC2CC2)cc1. The lowest BCUT2D eigenvalue weighted by molar-refractivity contribution is -0.0461. The van der Waals surface area contributed by atoms with Crippen molar-refractivity contribution in [2.75, 3.05) is 32.8 Å². The number of carbonyl (C=O) groups is 1. The summed E-state index contributed by atoms with van der Waals surface area (Å²) < 4.78 is 11.6. The van der Waals surface area contributed by atoms with Crippen LogP contribution in [0.2, 0.25) is 0 Å². The Hall–Kier alpha value is -1.59. The number of morpholine rings is 1. The van der Waals surface area contributed by atoms with Gasteiger partial charge in [0.1, 0.15) is 5.75 Å². The minimum atomic E-state index is -0.0455. The minimum absolute atomic E-state index is 0.0455. The molecule has 0 radical (unpaired) electrons. The molecule has 2 aliphatic heterocycles. The Morgan fingerprint density at radius 1 is 1.25 bits per heavy atom. The van der Waals surface area contributed by atoms with Gasteiger partial charge in [-0.1, -0.05) is 0 Å². The average Bonchev–Trinajstić information content (AvgIpc) is 3.33. The van der Waals surface area contributed by atoms with Crippen molar-refractivity contribution in [3.8, 4) is 5.75 Å². The van der Waals surface area contributed by atoms with Gasteiger partial charge >= 0.3 is 0 Å². The van der Waals surface area contributed by atoms with E-state index in [2.05, 4.69) is 10.2 Å². The summed E-state index contributed by atoms with van der Waals surface area (Å²) in [5.41, 5.74) is 0.670. The molecule has 0 aromatic heterocycles. The highest BCUT2D eigenvalue weighted by atomic mass is 16.5. The molecular formula is C19H26N2O3. The Morgan fingerprint density at radius 2 is 2.08 bits per heavy atom. The zero-order valence-electron chi connectivity index (χ0n) is 14.1. The van der Waals surface area contributed by atoms with Gasteiger partial charge < -0.3 is 14.8 Å². The number of benzene rings is 1. The van der Waals surface area contributed by atoms with Crippen LogP contribution in [0.15, 0.2) is 24.3 Å². The summed E-state index contributed by atoms with van der Waals surface area (Å²) in [4.78, 5) is 14.8. The van der Waals surface area contributed by atoms with Crippen molar-refractivity contribution in [3.05, 3.63) is 29.8 Å². The third-order valence-corrected chi connectivity index (χ3v) is 5.25. The largest absolute Gasteiger partial charge is 0.493 e. The molecule has 0 bridgehead atoms. The number of carbonyl (C=O) groups excluding carboxylic acids is 1. The number of hydrogen-bond acceptors (Lipinski definition) is 4. The van der Waals surface area contributed by atoms with Crippen molar-refractivity contribution in [3.63, 3.8) is 0 Å². The zero-order valence-corrected chi connectivity index (χ0v) is 14.1. The molecule has 5 nitrogen and oxygen atoms in total. The van der Waals surface area contributed by atoms with Crippen LogP contribution in [0.3, 0.4) is 0 Å². The van der Waals surface area contributed by atoms with E-state index in [1.54, 1.807) is 0 Å². The molecule has 3 fully saturated rings. The number of nitrogens with zero attached hydrogens (tertiary/aromatic N) is 1. The maximum Gasteiger partial charge on any atom is 0.251 e. The average molecular weight is 330 g/mol. The fraction of sp³-hybridized carbons (Fsp3) is 0.632. The molecule has 24 heavy (non-hydrogen) atoms. The number of rotatable bonds is 6. The van der Waals surface area contributed by atoms with Crippen LogP contribution >= 0.6 is 0 Å². The van der Waals surface area contributed by atoms with Gasteiger partial charge in [0.05, 0.1) is 19.3 Å². The number of nitrogens with one attached hydrogen (secondary N) is 1. The van der Waals surface area contributed by atoms with Crippen LogP contribution in [-0.2, 0) is 4.74 Å². The lowest BCUT2D eigenvalue weighted by Gasteiger charge is -2.35. The molecule has 1 N–H and O–H groups in total. The van der Waals surface area contributed by atoms with Gasteiger partial charge in [0.25, 0.3) is 5.91 Å². The van der Waals surface area contributed by atoms with Crippen LogP contribution in [-0.4, -0.2) is 55.8 Å². The Bertz CT molecular complexity index is 570. The maximum absolute atomic E-state index is 12.3. The van der Waals surface area contributed by atoms with Gasteiger partial charge in [-0.15, -0.1) is 0 Å². The standard InChI is InChI=1S/C19H26N2O3/c22-19(15-5-7-17(8-6-15)23-12-14-3-4-14)20-10-18-11-21-9-1-2-16(21)13-24-18/h5-8,14,16,18H,1-4,9-13H2,(H,20,22)/t16-,18+/m0/s1. The zero-order chi connectivity index (χ0) is 16.4. The van der Waals surface area contributed by atoms with Crippen molar-refractivity contribution in [2.24, 2.45) is 5.92 Å². The van der Waals surface area contributed by atoms with Gasteiger partial charge in [-0.25, -0.2) is 0 Å². The van der Waals surface area contributed by atoms with Crippen LogP contribution in [0.5, 0.6) is 5.75 Å². The van der Waals surface area contributed by atoms with E-state index in [9.17, 15) is 4.79 Å². The molecule has 1 amide bonds. The van der Waals surface area contributed by atoms with E-state index in [0.717, 1.165) is 31.4 Å². The molecule has 4 rings (SSSR count). The van der Waals surface area contributed by atoms with E-state index in [1.165, 1.54) is 32.2 Å². The molecule has 3 aliphatic rings. The summed E-state index contributed by atoms with van der Waals surface area (Å²) in [6, 6.07) is 8.01. The smallest absolute Gasteiger partial charge is 0.251 e. The van der Waals surface area contributed by atoms with E-state index in [1.807, 2.05) is 24.3 Å². The first-order valence-electron chi connectivity index (χ1n) is 9.14. The molecule has 1 saturated carbocycles. The predicted molar refractivity (Wildman–Crippen MR) is 91.3 cm³/mol. The Labute approximate surface area is 143 Å². The molecule has 130 valence electrons. The number of hydrogen-bond donors (Lipinski definition) is 1. The molecule has 2 heterocycles. The van der Waals surface area contributed by atoms with Crippen LogP contribution in [0.1, 0.15) is 36.0 Å². The lowest BCUT2D eigenvalue weighted by atomic mass is 10.1. The molecule has 2 saturated heterocycles. The summed E-state index contributed by atoms with van der Waals surface area (Å²) in [5, 5.41) is 3.00. The number of ether oxygens (including phenoxy) is 2. The second kappa shape index (κ2) is 7.11. The quantitative estimate of drug-likeness (QED) is 0.867.